The zero-order valence-electron chi connectivity index (χ0n) is 10.5. The zero-order valence-corrected chi connectivity index (χ0v) is 10.5. The van der Waals surface area contributed by atoms with Crippen molar-refractivity contribution in [3.63, 3.8) is 0 Å². The molecule has 0 saturated heterocycles. The Morgan fingerprint density at radius 2 is 2.37 bits per heavy atom. The number of rotatable bonds is 4. The lowest BCUT2D eigenvalue weighted by Crippen LogP contribution is -1.97. The van der Waals surface area contributed by atoms with E-state index in [1.807, 2.05) is 6.92 Å². The van der Waals surface area contributed by atoms with Gasteiger partial charge in [-0.15, -0.1) is 0 Å². The van der Waals surface area contributed by atoms with Gasteiger partial charge in [0.25, 0.3) is 5.89 Å². The molecule has 0 spiro atoms. The molecule has 0 bridgehead atoms. The lowest BCUT2D eigenvalue weighted by Gasteiger charge is -2.05. The third-order valence-corrected chi connectivity index (χ3v) is 2.93. The maximum atomic E-state index is 9.61. The minimum Gasteiger partial charge on any atom is -0.490 e. The predicted octanol–water partition coefficient (Wildman–Crippen LogP) is 1.64. The van der Waals surface area contributed by atoms with Gasteiger partial charge >= 0.3 is 0 Å². The van der Waals surface area contributed by atoms with Crippen molar-refractivity contribution in [2.45, 2.75) is 26.1 Å². The van der Waals surface area contributed by atoms with E-state index in [9.17, 15) is 5.11 Å². The smallest absolute Gasteiger partial charge is 0.264 e. The molecule has 3 rings (SSSR count). The molecule has 1 N–H and O–H groups in total. The SMILES string of the molecule is CCc1noc(COc2ccc3c(c2)OCC3O)n1. The van der Waals surface area contributed by atoms with Crippen LogP contribution in [0.3, 0.4) is 0 Å². The Morgan fingerprint density at radius 1 is 1.47 bits per heavy atom. The van der Waals surface area contributed by atoms with Crippen molar-refractivity contribution >= 4 is 0 Å². The molecule has 100 valence electrons. The van der Waals surface area contributed by atoms with E-state index in [2.05, 4.69) is 10.1 Å². The Balaban J connectivity index is 1.67. The number of benzene rings is 1. The van der Waals surface area contributed by atoms with Gasteiger partial charge in [0.2, 0.25) is 0 Å². The third-order valence-electron chi connectivity index (χ3n) is 2.93. The molecule has 2 heterocycles. The minimum atomic E-state index is -0.549. The van der Waals surface area contributed by atoms with Gasteiger partial charge in [0.15, 0.2) is 12.4 Å². The Kier molecular flexibility index (Phi) is 3.08. The van der Waals surface area contributed by atoms with E-state index < -0.39 is 6.10 Å². The monoisotopic (exact) mass is 262 g/mol. The van der Waals surface area contributed by atoms with Gasteiger partial charge in [0.05, 0.1) is 0 Å². The molecular formula is C13H14N2O4. The normalized spacial score (nSPS) is 17.1. The van der Waals surface area contributed by atoms with Gasteiger partial charge in [-0.1, -0.05) is 12.1 Å². The van der Waals surface area contributed by atoms with E-state index in [1.54, 1.807) is 18.2 Å². The van der Waals surface area contributed by atoms with Crippen LogP contribution >= 0.6 is 0 Å². The number of nitrogens with zero attached hydrogens (tertiary/aromatic N) is 2. The maximum absolute atomic E-state index is 9.61. The highest BCUT2D eigenvalue weighted by molar-refractivity contribution is 5.44. The molecule has 1 aromatic heterocycles. The molecule has 0 fully saturated rings. The first-order valence-corrected chi connectivity index (χ1v) is 6.15. The van der Waals surface area contributed by atoms with Gasteiger partial charge in [-0.2, -0.15) is 4.98 Å². The average Bonchev–Trinajstić information content (AvgIpc) is 3.03. The topological polar surface area (TPSA) is 77.6 Å². The molecular weight excluding hydrogens is 248 g/mol. The quantitative estimate of drug-likeness (QED) is 0.902. The summed E-state index contributed by atoms with van der Waals surface area (Å²) < 4.78 is 15.9. The summed E-state index contributed by atoms with van der Waals surface area (Å²) in [5, 5.41) is 13.4. The van der Waals surface area contributed by atoms with E-state index in [4.69, 9.17) is 14.0 Å². The number of hydrogen-bond donors (Lipinski definition) is 1. The van der Waals surface area contributed by atoms with Crippen LogP contribution in [0.4, 0.5) is 0 Å². The lowest BCUT2D eigenvalue weighted by molar-refractivity contribution is 0.140. The third kappa shape index (κ3) is 2.39. The standard InChI is InChI=1S/C13H14N2O4/c1-2-12-14-13(19-15-12)7-17-8-3-4-9-10(16)6-18-11(9)5-8/h3-5,10,16H,2,6-7H2,1H3. The van der Waals surface area contributed by atoms with E-state index >= 15 is 0 Å². The fourth-order valence-electron chi connectivity index (χ4n) is 1.90. The lowest BCUT2D eigenvalue weighted by atomic mass is 10.1. The molecule has 0 aliphatic carbocycles. The van der Waals surface area contributed by atoms with Crippen molar-refractivity contribution in [1.82, 2.24) is 10.1 Å². The van der Waals surface area contributed by atoms with Crippen molar-refractivity contribution in [2.24, 2.45) is 0 Å². The Labute approximate surface area is 110 Å². The number of aliphatic hydroxyl groups is 1. The molecule has 0 radical (unpaired) electrons. The number of aliphatic hydroxyl groups excluding tert-OH is 1. The molecule has 0 saturated carbocycles. The van der Waals surface area contributed by atoms with Gasteiger partial charge in [-0.05, 0) is 12.1 Å². The molecule has 6 nitrogen and oxygen atoms in total. The molecule has 1 aliphatic rings. The summed E-state index contributed by atoms with van der Waals surface area (Å²) in [7, 11) is 0. The number of aryl methyl sites for hydroxylation is 1. The van der Waals surface area contributed by atoms with Gasteiger partial charge in [-0.25, -0.2) is 0 Å². The van der Waals surface area contributed by atoms with Crippen molar-refractivity contribution in [2.75, 3.05) is 6.61 Å². The number of ether oxygens (including phenoxy) is 2. The molecule has 6 heteroatoms. The van der Waals surface area contributed by atoms with Crippen LogP contribution in [0.25, 0.3) is 0 Å². The average molecular weight is 262 g/mol. The van der Waals surface area contributed by atoms with E-state index in [1.165, 1.54) is 0 Å². The summed E-state index contributed by atoms with van der Waals surface area (Å²) >= 11 is 0. The van der Waals surface area contributed by atoms with E-state index in [0.29, 0.717) is 29.8 Å². The molecule has 1 aliphatic heterocycles. The number of hydrogen-bond acceptors (Lipinski definition) is 6. The van der Waals surface area contributed by atoms with Crippen molar-refractivity contribution < 1.29 is 19.1 Å². The van der Waals surface area contributed by atoms with Gasteiger partial charge in [-0.3, -0.25) is 0 Å². The highest BCUT2D eigenvalue weighted by atomic mass is 16.5. The first kappa shape index (κ1) is 12.0. The minimum absolute atomic E-state index is 0.217. The van der Waals surface area contributed by atoms with Gasteiger partial charge in [0.1, 0.15) is 24.2 Å². The summed E-state index contributed by atoms with van der Waals surface area (Å²) in [5.41, 5.74) is 0.790. The first-order chi connectivity index (χ1) is 9.26. The summed E-state index contributed by atoms with van der Waals surface area (Å²) in [6, 6.07) is 5.34. The highest BCUT2D eigenvalue weighted by Gasteiger charge is 2.22. The zero-order chi connectivity index (χ0) is 13.2. The maximum Gasteiger partial charge on any atom is 0.264 e. The second kappa shape index (κ2) is 4.89. The molecule has 1 unspecified atom stereocenters. The Morgan fingerprint density at radius 3 is 3.16 bits per heavy atom. The number of fused-ring (bicyclic) bond motifs is 1. The fraction of sp³-hybridized carbons (Fsp3) is 0.385. The van der Waals surface area contributed by atoms with Crippen molar-refractivity contribution in [3.8, 4) is 11.5 Å². The van der Waals surface area contributed by atoms with Gasteiger partial charge < -0.3 is 19.1 Å². The van der Waals surface area contributed by atoms with Crippen molar-refractivity contribution in [1.29, 1.82) is 0 Å². The van der Waals surface area contributed by atoms with Crippen LogP contribution in [0.1, 0.15) is 30.3 Å². The van der Waals surface area contributed by atoms with Crippen LogP contribution in [0.15, 0.2) is 22.7 Å². The second-order valence-corrected chi connectivity index (χ2v) is 4.27. The summed E-state index contributed by atoms with van der Waals surface area (Å²) in [4.78, 5) is 4.15. The Hall–Kier alpha value is -2.08. The molecule has 1 atom stereocenters. The fourth-order valence-corrected chi connectivity index (χ4v) is 1.90. The van der Waals surface area contributed by atoms with Crippen molar-refractivity contribution in [3.05, 3.63) is 35.5 Å². The number of aromatic nitrogens is 2. The van der Waals surface area contributed by atoms with E-state index in [0.717, 1.165) is 12.0 Å². The molecule has 2 aromatic rings. The van der Waals surface area contributed by atoms with E-state index in [-0.39, 0.29) is 6.61 Å². The van der Waals surface area contributed by atoms with Crippen LogP contribution < -0.4 is 9.47 Å². The molecule has 1 aromatic carbocycles. The predicted molar refractivity (Wildman–Crippen MR) is 64.9 cm³/mol. The second-order valence-electron chi connectivity index (χ2n) is 4.27. The van der Waals surface area contributed by atoms with Gasteiger partial charge in [0, 0.05) is 18.1 Å². The molecule has 19 heavy (non-hydrogen) atoms. The van der Waals surface area contributed by atoms with Crippen LogP contribution in [-0.2, 0) is 13.0 Å². The summed E-state index contributed by atoms with van der Waals surface area (Å²) in [5.74, 6) is 2.41. The largest absolute Gasteiger partial charge is 0.490 e. The van der Waals surface area contributed by atoms with Crippen LogP contribution in [0.5, 0.6) is 11.5 Å². The Bertz CT molecular complexity index is 582. The first-order valence-electron chi connectivity index (χ1n) is 6.15. The summed E-state index contributed by atoms with van der Waals surface area (Å²) in [6.45, 7) is 2.47. The van der Waals surface area contributed by atoms with Crippen LogP contribution in [0, 0.1) is 0 Å². The van der Waals surface area contributed by atoms with Crippen LogP contribution in [-0.4, -0.2) is 21.9 Å². The summed E-state index contributed by atoms with van der Waals surface area (Å²) in [6.07, 6.45) is 0.181. The molecule has 0 amide bonds. The highest BCUT2D eigenvalue weighted by Crippen LogP contribution is 2.35. The van der Waals surface area contributed by atoms with Crippen LogP contribution in [0.2, 0.25) is 0 Å².